The minimum atomic E-state index is -4.35. The van der Waals surface area contributed by atoms with Crippen LogP contribution >= 0.6 is 7.82 Å². The van der Waals surface area contributed by atoms with E-state index in [4.69, 9.17) is 18.5 Å². The van der Waals surface area contributed by atoms with Crippen LogP contribution in [-0.2, 0) is 32.7 Å². The number of carbonyl (C=O) groups is 2. The van der Waals surface area contributed by atoms with Crippen molar-refractivity contribution in [1.82, 2.24) is 0 Å². The Balaban J connectivity index is 4.54. The third-order valence-electron chi connectivity index (χ3n) is 6.64. The lowest BCUT2D eigenvalue weighted by Crippen LogP contribution is -2.37. The molecule has 0 bridgehead atoms. The minimum absolute atomic E-state index is 0.0319. The Labute approximate surface area is 250 Å². The first-order chi connectivity index (χ1) is 19.5. The highest BCUT2D eigenvalue weighted by molar-refractivity contribution is 7.47. The van der Waals surface area contributed by atoms with Crippen molar-refractivity contribution in [3.8, 4) is 0 Å². The number of ether oxygens (including phenoxy) is 2. The van der Waals surface area contributed by atoms with Crippen molar-refractivity contribution in [2.45, 2.75) is 129 Å². The summed E-state index contributed by atoms with van der Waals surface area (Å²) in [4.78, 5) is 34.8. The molecule has 0 aromatic heterocycles. The summed E-state index contributed by atoms with van der Waals surface area (Å²) in [5, 5.41) is 0. The van der Waals surface area contributed by atoms with E-state index in [0.29, 0.717) is 17.4 Å². The van der Waals surface area contributed by atoms with Gasteiger partial charge in [-0.3, -0.25) is 18.6 Å². The Morgan fingerprint density at radius 1 is 0.780 bits per heavy atom. The Morgan fingerprint density at radius 3 is 1.88 bits per heavy atom. The smallest absolute Gasteiger partial charge is 0.462 e. The van der Waals surface area contributed by atoms with Crippen LogP contribution in [0.4, 0.5) is 0 Å². The third kappa shape index (κ3) is 28.6. The largest absolute Gasteiger partial charge is 0.472 e. The number of hydrogen-bond donors (Lipinski definition) is 1. The van der Waals surface area contributed by atoms with E-state index in [1.807, 2.05) is 28.1 Å². The van der Waals surface area contributed by atoms with Gasteiger partial charge in [-0.05, 0) is 32.6 Å². The summed E-state index contributed by atoms with van der Waals surface area (Å²) in [5.41, 5.74) is 0. The molecule has 0 aliphatic rings. The van der Waals surface area contributed by atoms with Crippen molar-refractivity contribution in [2.24, 2.45) is 0 Å². The number of carbonyl (C=O) groups excluding carboxylic acids is 2. The molecule has 0 saturated carbocycles. The van der Waals surface area contributed by atoms with Crippen molar-refractivity contribution >= 4 is 19.8 Å². The van der Waals surface area contributed by atoms with Gasteiger partial charge in [0.15, 0.2) is 6.10 Å². The van der Waals surface area contributed by atoms with Gasteiger partial charge in [-0.1, -0.05) is 89.7 Å². The third-order valence-corrected chi connectivity index (χ3v) is 7.62. The zero-order chi connectivity index (χ0) is 30.8. The van der Waals surface area contributed by atoms with E-state index in [1.165, 1.54) is 38.5 Å². The van der Waals surface area contributed by atoms with E-state index in [0.717, 1.165) is 51.4 Å². The van der Waals surface area contributed by atoms with Gasteiger partial charge < -0.3 is 18.9 Å². The molecule has 0 aliphatic heterocycles. The van der Waals surface area contributed by atoms with E-state index in [2.05, 4.69) is 19.1 Å². The molecule has 0 saturated heterocycles. The molecule has 242 valence electrons. The SMILES string of the molecule is C/C=C\CCCCCCCC(=O)O[C@@H](COC(=O)CCCCCCCCCCC)COP(=O)(O)OCC[N+](C)(C)C. The lowest BCUT2D eigenvalue weighted by atomic mass is 10.1. The molecule has 0 spiro atoms. The highest BCUT2D eigenvalue weighted by Gasteiger charge is 2.27. The van der Waals surface area contributed by atoms with Gasteiger partial charge in [0.1, 0.15) is 19.8 Å². The van der Waals surface area contributed by atoms with Gasteiger partial charge >= 0.3 is 19.8 Å². The fourth-order valence-electron chi connectivity index (χ4n) is 4.07. The maximum atomic E-state index is 12.4. The van der Waals surface area contributed by atoms with Crippen LogP contribution in [0.1, 0.15) is 123 Å². The number of esters is 2. The van der Waals surface area contributed by atoms with Crippen LogP contribution in [0.25, 0.3) is 0 Å². The molecule has 41 heavy (non-hydrogen) atoms. The van der Waals surface area contributed by atoms with Gasteiger partial charge in [0.25, 0.3) is 0 Å². The number of unbranched alkanes of at least 4 members (excludes halogenated alkanes) is 13. The molecule has 9 nitrogen and oxygen atoms in total. The molecule has 0 radical (unpaired) electrons. The normalized spacial score (nSPS) is 14.2. The second-order valence-electron chi connectivity index (χ2n) is 11.9. The molecule has 0 aliphatic carbocycles. The molecule has 0 aromatic rings. The molecule has 10 heteroatoms. The lowest BCUT2D eigenvalue weighted by molar-refractivity contribution is -0.870. The van der Waals surface area contributed by atoms with E-state index < -0.39 is 26.5 Å². The van der Waals surface area contributed by atoms with Crippen LogP contribution in [0, 0.1) is 0 Å². The van der Waals surface area contributed by atoms with Gasteiger partial charge in [-0.2, -0.15) is 0 Å². The Hall–Kier alpha value is -1.25. The Bertz CT molecular complexity index is 738. The molecular weight excluding hydrogens is 545 g/mol. The maximum absolute atomic E-state index is 12.4. The first-order valence-corrected chi connectivity index (χ1v) is 17.4. The number of phosphoric acid groups is 1. The Kier molecular flexibility index (Phi) is 24.5. The summed E-state index contributed by atoms with van der Waals surface area (Å²) in [5.74, 6) is -0.820. The van der Waals surface area contributed by atoms with Gasteiger partial charge in [-0.25, -0.2) is 4.57 Å². The fourth-order valence-corrected chi connectivity index (χ4v) is 4.81. The van der Waals surface area contributed by atoms with E-state index in [-0.39, 0.29) is 32.0 Å². The number of rotatable bonds is 28. The summed E-state index contributed by atoms with van der Waals surface area (Å²) in [7, 11) is 1.47. The summed E-state index contributed by atoms with van der Waals surface area (Å²) in [6.07, 6.45) is 20.1. The number of quaternary nitrogens is 1. The Morgan fingerprint density at radius 2 is 1.32 bits per heavy atom. The zero-order valence-corrected chi connectivity index (χ0v) is 27.7. The van der Waals surface area contributed by atoms with Crippen molar-refractivity contribution in [2.75, 3.05) is 47.5 Å². The molecule has 0 heterocycles. The molecule has 2 atom stereocenters. The van der Waals surface area contributed by atoms with Crippen molar-refractivity contribution in [3.63, 3.8) is 0 Å². The number of nitrogens with zero attached hydrogens (tertiary/aromatic N) is 1. The average Bonchev–Trinajstić information content (AvgIpc) is 2.90. The van der Waals surface area contributed by atoms with Crippen LogP contribution in [0.3, 0.4) is 0 Å². The second-order valence-corrected chi connectivity index (χ2v) is 13.3. The standard InChI is InChI=1S/C31H60NO8P/c1-6-8-10-12-14-16-18-19-21-23-30(33)37-27-29(28-39-41(35,36)38-26-25-32(3,4)5)40-31(34)24-22-20-17-15-13-11-9-7-2/h7,9,29H,6,8,10-28H2,1-5H3/p+1/b9-7-/t29-/m0/s1. The van der Waals surface area contributed by atoms with Crippen LogP contribution in [0.5, 0.6) is 0 Å². The average molecular weight is 607 g/mol. The number of hydrogen-bond acceptors (Lipinski definition) is 7. The van der Waals surface area contributed by atoms with Crippen LogP contribution in [0.15, 0.2) is 12.2 Å². The van der Waals surface area contributed by atoms with Crippen LogP contribution < -0.4 is 0 Å². The zero-order valence-electron chi connectivity index (χ0n) is 26.8. The summed E-state index contributed by atoms with van der Waals surface area (Å²) >= 11 is 0. The van der Waals surface area contributed by atoms with Crippen LogP contribution in [-0.4, -0.2) is 74.9 Å². The van der Waals surface area contributed by atoms with Crippen molar-refractivity contribution in [3.05, 3.63) is 12.2 Å². The first-order valence-electron chi connectivity index (χ1n) is 15.9. The predicted octanol–water partition coefficient (Wildman–Crippen LogP) is 7.51. The highest BCUT2D eigenvalue weighted by atomic mass is 31.2. The van der Waals surface area contributed by atoms with Gasteiger partial charge in [0.05, 0.1) is 27.7 Å². The minimum Gasteiger partial charge on any atom is -0.462 e. The topological polar surface area (TPSA) is 108 Å². The van der Waals surface area contributed by atoms with Crippen molar-refractivity contribution < 1.29 is 42.1 Å². The van der Waals surface area contributed by atoms with Crippen molar-refractivity contribution in [1.29, 1.82) is 0 Å². The summed E-state index contributed by atoms with van der Waals surface area (Å²) in [6, 6.07) is 0. The molecule has 0 aromatic carbocycles. The predicted molar refractivity (Wildman–Crippen MR) is 164 cm³/mol. The van der Waals surface area contributed by atoms with E-state index >= 15 is 0 Å². The van der Waals surface area contributed by atoms with Gasteiger partial charge in [0, 0.05) is 12.8 Å². The number of likely N-dealkylation sites (N-methyl/N-ethyl adjacent to an activating group) is 1. The number of phosphoric ester groups is 1. The van der Waals surface area contributed by atoms with Crippen LogP contribution in [0.2, 0.25) is 0 Å². The molecular formula is C31H61NO8P+. The first kappa shape index (κ1) is 39.8. The maximum Gasteiger partial charge on any atom is 0.472 e. The fraction of sp³-hybridized carbons (Fsp3) is 0.871. The number of allylic oxidation sites excluding steroid dienone is 2. The molecule has 0 rings (SSSR count). The van der Waals surface area contributed by atoms with E-state index in [9.17, 15) is 19.0 Å². The molecule has 1 N–H and O–H groups in total. The second kappa shape index (κ2) is 25.3. The lowest BCUT2D eigenvalue weighted by Gasteiger charge is -2.24. The van der Waals surface area contributed by atoms with Gasteiger partial charge in [0.2, 0.25) is 0 Å². The summed E-state index contributed by atoms with van der Waals surface area (Å²) in [6.45, 7) is 4.14. The van der Waals surface area contributed by atoms with Gasteiger partial charge in [-0.15, -0.1) is 0 Å². The molecule has 0 fully saturated rings. The monoisotopic (exact) mass is 606 g/mol. The van der Waals surface area contributed by atoms with E-state index in [1.54, 1.807) is 0 Å². The quantitative estimate of drug-likeness (QED) is 0.0321. The molecule has 1 unspecified atom stereocenters. The summed E-state index contributed by atoms with van der Waals surface area (Å²) < 4.78 is 33.8. The highest BCUT2D eigenvalue weighted by Crippen LogP contribution is 2.43. The molecule has 0 amide bonds.